The molecule has 1 aliphatic rings. The molecule has 0 aliphatic heterocycles. The molecule has 0 radical (unpaired) electrons. The van der Waals surface area contributed by atoms with E-state index in [2.05, 4.69) is 5.16 Å². The fraction of sp³-hybridized carbons (Fsp3) is 0.900. The molecule has 0 spiro atoms. The second kappa shape index (κ2) is 6.08. The number of hydrogen-bond donors (Lipinski definition) is 1. The lowest BCUT2D eigenvalue weighted by atomic mass is 9.96. The largest absolute Gasteiger partial charge is 0.411 e. The van der Waals surface area contributed by atoms with Gasteiger partial charge in [-0.3, -0.25) is 0 Å². The molecule has 0 aromatic heterocycles. The first-order valence-corrected chi connectivity index (χ1v) is 5.39. The van der Waals surface area contributed by atoms with E-state index in [9.17, 15) is 13.2 Å². The molecule has 1 rings (SSSR count). The summed E-state index contributed by atoms with van der Waals surface area (Å²) in [5.74, 6) is 0. The highest BCUT2D eigenvalue weighted by molar-refractivity contribution is 5.84. The van der Waals surface area contributed by atoms with Gasteiger partial charge in [0, 0.05) is 13.0 Å². The number of hydrogen-bond acceptors (Lipinski definition) is 3. The molecule has 0 atom stereocenters. The van der Waals surface area contributed by atoms with Crippen LogP contribution >= 0.6 is 0 Å². The minimum atomic E-state index is -4.09. The Labute approximate surface area is 92.3 Å². The maximum absolute atomic E-state index is 11.8. The number of alkyl halides is 3. The SMILES string of the molecule is ON=C1CCC(OCCCC(F)(F)F)CC1. The first-order chi connectivity index (χ1) is 7.51. The van der Waals surface area contributed by atoms with Gasteiger partial charge in [0.1, 0.15) is 0 Å². The van der Waals surface area contributed by atoms with Gasteiger partial charge >= 0.3 is 6.18 Å². The summed E-state index contributed by atoms with van der Waals surface area (Å²) < 4.78 is 40.8. The summed E-state index contributed by atoms with van der Waals surface area (Å²) in [5, 5.41) is 11.6. The molecular formula is C10H16F3NO2. The maximum atomic E-state index is 11.8. The molecule has 1 aliphatic carbocycles. The van der Waals surface area contributed by atoms with Crippen molar-refractivity contribution >= 4 is 5.71 Å². The molecule has 94 valence electrons. The molecule has 16 heavy (non-hydrogen) atoms. The van der Waals surface area contributed by atoms with E-state index < -0.39 is 12.6 Å². The van der Waals surface area contributed by atoms with E-state index in [1.165, 1.54) is 0 Å². The van der Waals surface area contributed by atoms with Crippen LogP contribution in [0.3, 0.4) is 0 Å². The fourth-order valence-electron chi connectivity index (χ4n) is 1.71. The molecule has 0 aromatic rings. The standard InChI is InChI=1S/C10H16F3NO2/c11-10(12,13)6-1-7-16-9-4-2-8(14-15)3-5-9/h9,15H,1-7H2. The van der Waals surface area contributed by atoms with E-state index in [4.69, 9.17) is 9.94 Å². The minimum Gasteiger partial charge on any atom is -0.411 e. The first kappa shape index (κ1) is 13.3. The summed E-state index contributed by atoms with van der Waals surface area (Å²) in [5.41, 5.74) is 0.746. The molecule has 3 nitrogen and oxygen atoms in total. The number of rotatable bonds is 4. The molecule has 0 amide bonds. The van der Waals surface area contributed by atoms with Crippen molar-refractivity contribution in [2.75, 3.05) is 6.61 Å². The predicted molar refractivity (Wildman–Crippen MR) is 52.7 cm³/mol. The van der Waals surface area contributed by atoms with Crippen LogP contribution in [0.4, 0.5) is 13.2 Å². The second-order valence-electron chi connectivity index (χ2n) is 3.96. The Morgan fingerprint density at radius 3 is 2.44 bits per heavy atom. The number of halogens is 3. The molecule has 1 saturated carbocycles. The fourth-order valence-corrected chi connectivity index (χ4v) is 1.71. The van der Waals surface area contributed by atoms with Gasteiger partial charge in [0.05, 0.1) is 11.8 Å². The van der Waals surface area contributed by atoms with Gasteiger partial charge in [-0.15, -0.1) is 0 Å². The normalized spacial score (nSPS) is 22.2. The Morgan fingerprint density at radius 2 is 1.94 bits per heavy atom. The molecule has 6 heteroatoms. The van der Waals surface area contributed by atoms with E-state index in [0.29, 0.717) is 12.8 Å². The molecular weight excluding hydrogens is 223 g/mol. The van der Waals surface area contributed by atoms with Gasteiger partial charge in [-0.2, -0.15) is 13.2 Å². The van der Waals surface area contributed by atoms with Crippen molar-refractivity contribution in [1.29, 1.82) is 0 Å². The Hall–Kier alpha value is -0.780. The zero-order valence-electron chi connectivity index (χ0n) is 8.96. The van der Waals surface area contributed by atoms with Gasteiger partial charge in [-0.05, 0) is 32.1 Å². The van der Waals surface area contributed by atoms with Gasteiger partial charge in [0.15, 0.2) is 0 Å². The highest BCUT2D eigenvalue weighted by atomic mass is 19.4. The Bertz CT molecular complexity index is 231. The zero-order valence-corrected chi connectivity index (χ0v) is 8.96. The zero-order chi connectivity index (χ0) is 12.0. The summed E-state index contributed by atoms with van der Waals surface area (Å²) in [6, 6.07) is 0. The molecule has 0 unspecified atom stereocenters. The van der Waals surface area contributed by atoms with E-state index in [-0.39, 0.29) is 19.1 Å². The van der Waals surface area contributed by atoms with E-state index >= 15 is 0 Å². The van der Waals surface area contributed by atoms with Crippen molar-refractivity contribution in [2.24, 2.45) is 5.16 Å². The van der Waals surface area contributed by atoms with Crippen LogP contribution in [0.1, 0.15) is 38.5 Å². The summed E-state index contributed by atoms with van der Waals surface area (Å²) in [7, 11) is 0. The van der Waals surface area contributed by atoms with Crippen LogP contribution in [0.25, 0.3) is 0 Å². The van der Waals surface area contributed by atoms with Crippen LogP contribution in [-0.4, -0.2) is 29.8 Å². The topological polar surface area (TPSA) is 41.8 Å². The van der Waals surface area contributed by atoms with Gasteiger partial charge in [-0.25, -0.2) is 0 Å². The minimum absolute atomic E-state index is 0.0127. The van der Waals surface area contributed by atoms with Crippen molar-refractivity contribution in [3.05, 3.63) is 0 Å². The summed E-state index contributed by atoms with van der Waals surface area (Å²) in [6.07, 6.45) is -2.06. The third kappa shape index (κ3) is 5.34. The molecule has 1 fully saturated rings. The quantitative estimate of drug-likeness (QED) is 0.465. The third-order valence-corrected chi connectivity index (χ3v) is 2.61. The van der Waals surface area contributed by atoms with Crippen LogP contribution < -0.4 is 0 Å². The summed E-state index contributed by atoms with van der Waals surface area (Å²) in [4.78, 5) is 0. The lowest BCUT2D eigenvalue weighted by Crippen LogP contribution is -2.22. The van der Waals surface area contributed by atoms with Gasteiger partial charge in [-0.1, -0.05) is 5.16 Å². The Morgan fingerprint density at radius 1 is 1.31 bits per heavy atom. The highest BCUT2D eigenvalue weighted by Gasteiger charge is 2.26. The Kier molecular flexibility index (Phi) is 5.05. The molecule has 0 bridgehead atoms. The van der Waals surface area contributed by atoms with E-state index in [1.807, 2.05) is 0 Å². The van der Waals surface area contributed by atoms with Crippen LogP contribution in [0.2, 0.25) is 0 Å². The van der Waals surface area contributed by atoms with Gasteiger partial charge in [0.2, 0.25) is 0 Å². The van der Waals surface area contributed by atoms with Crippen molar-refractivity contribution < 1.29 is 23.1 Å². The number of ether oxygens (including phenoxy) is 1. The molecule has 1 N–H and O–H groups in total. The van der Waals surface area contributed by atoms with Crippen LogP contribution in [-0.2, 0) is 4.74 Å². The first-order valence-electron chi connectivity index (χ1n) is 5.39. The smallest absolute Gasteiger partial charge is 0.389 e. The van der Waals surface area contributed by atoms with Crippen LogP contribution in [0.5, 0.6) is 0 Å². The van der Waals surface area contributed by atoms with Crippen molar-refractivity contribution in [3.63, 3.8) is 0 Å². The lowest BCUT2D eigenvalue weighted by molar-refractivity contribution is -0.139. The van der Waals surface area contributed by atoms with Crippen LogP contribution in [0, 0.1) is 0 Å². The molecule has 0 heterocycles. The Balaban J connectivity index is 2.07. The second-order valence-corrected chi connectivity index (χ2v) is 3.96. The van der Waals surface area contributed by atoms with Crippen molar-refractivity contribution in [1.82, 2.24) is 0 Å². The van der Waals surface area contributed by atoms with E-state index in [0.717, 1.165) is 18.6 Å². The third-order valence-electron chi connectivity index (χ3n) is 2.61. The summed E-state index contributed by atoms with van der Waals surface area (Å²) in [6.45, 7) is 0.149. The van der Waals surface area contributed by atoms with Crippen molar-refractivity contribution in [2.45, 2.75) is 50.8 Å². The molecule has 0 saturated heterocycles. The van der Waals surface area contributed by atoms with Gasteiger partial charge in [0.25, 0.3) is 0 Å². The van der Waals surface area contributed by atoms with Gasteiger partial charge < -0.3 is 9.94 Å². The predicted octanol–water partition coefficient (Wildman–Crippen LogP) is 3.12. The lowest BCUT2D eigenvalue weighted by Gasteiger charge is -2.22. The number of oxime groups is 1. The molecule has 0 aromatic carbocycles. The number of nitrogens with zero attached hydrogens (tertiary/aromatic N) is 1. The maximum Gasteiger partial charge on any atom is 0.389 e. The average Bonchev–Trinajstić information content (AvgIpc) is 2.24. The van der Waals surface area contributed by atoms with Crippen molar-refractivity contribution in [3.8, 4) is 0 Å². The van der Waals surface area contributed by atoms with E-state index in [1.54, 1.807) is 0 Å². The monoisotopic (exact) mass is 239 g/mol. The highest BCUT2D eigenvalue weighted by Crippen LogP contribution is 2.23. The summed E-state index contributed by atoms with van der Waals surface area (Å²) >= 11 is 0. The van der Waals surface area contributed by atoms with Crippen LogP contribution in [0.15, 0.2) is 5.16 Å². The average molecular weight is 239 g/mol.